The zero-order chi connectivity index (χ0) is 16.7. The number of rotatable bonds is 1. The van der Waals surface area contributed by atoms with E-state index in [1.807, 2.05) is 13.0 Å². The lowest BCUT2D eigenvalue weighted by Gasteiger charge is -2.33. The maximum Gasteiger partial charge on any atom is 0.0723 e. The molecule has 0 aliphatic carbocycles. The third-order valence-electron chi connectivity index (χ3n) is 3.69. The highest BCUT2D eigenvalue weighted by molar-refractivity contribution is 5.39. The normalized spacial score (nSPS) is 22.6. The number of nitrogens with zero attached hydrogens (tertiary/aromatic N) is 1. The van der Waals surface area contributed by atoms with E-state index in [0.29, 0.717) is 5.56 Å². The first kappa shape index (κ1) is 10.3. The molecule has 0 fully saturated rings. The second-order valence-corrected chi connectivity index (χ2v) is 6.38. The van der Waals surface area contributed by atoms with Crippen LogP contribution < -0.4 is 0 Å². The number of aryl methyl sites for hydroxylation is 2. The van der Waals surface area contributed by atoms with Crippen molar-refractivity contribution in [3.8, 4) is 0 Å². The van der Waals surface area contributed by atoms with Gasteiger partial charge in [0.1, 0.15) is 0 Å². The standard InChI is InChI=1S/C18H25N/c1-13-7-9-16(14(2)11-13)17-10-8-15(12-19(17)6)18(3,4)5/h7-12,17H,1-6H3/i1D3. The van der Waals surface area contributed by atoms with Crippen LogP contribution in [0.5, 0.6) is 0 Å². The van der Waals surface area contributed by atoms with Gasteiger partial charge in [-0.15, -0.1) is 0 Å². The Morgan fingerprint density at radius 3 is 2.53 bits per heavy atom. The molecular formula is C18H25N. The maximum atomic E-state index is 7.52. The summed E-state index contributed by atoms with van der Waals surface area (Å²) < 4.78 is 22.6. The van der Waals surface area contributed by atoms with Crippen molar-refractivity contribution in [2.75, 3.05) is 7.05 Å². The lowest BCUT2D eigenvalue weighted by Crippen LogP contribution is -2.24. The fourth-order valence-corrected chi connectivity index (χ4v) is 2.45. The fraction of sp³-hybridized carbons (Fsp3) is 0.444. The van der Waals surface area contributed by atoms with E-state index in [0.717, 1.165) is 11.1 Å². The van der Waals surface area contributed by atoms with Crippen LogP contribution in [0.4, 0.5) is 0 Å². The summed E-state index contributed by atoms with van der Waals surface area (Å²) >= 11 is 0. The number of hydrogen-bond acceptors (Lipinski definition) is 1. The molecule has 1 heteroatoms. The fourth-order valence-electron chi connectivity index (χ4n) is 2.45. The van der Waals surface area contributed by atoms with Crippen LogP contribution in [0.25, 0.3) is 0 Å². The molecule has 1 aliphatic rings. The van der Waals surface area contributed by atoms with Crippen LogP contribution in [0.1, 0.15) is 47.6 Å². The van der Waals surface area contributed by atoms with E-state index in [1.165, 1.54) is 5.57 Å². The van der Waals surface area contributed by atoms with E-state index in [1.54, 1.807) is 12.1 Å². The van der Waals surface area contributed by atoms with Crippen LogP contribution in [0.2, 0.25) is 0 Å². The SMILES string of the molecule is [2H]C([2H])([2H])c1ccc(C2C=CC(C(C)(C)C)=CN2C)c(C)c1. The molecule has 1 aromatic rings. The molecule has 0 aromatic heterocycles. The number of likely N-dealkylation sites (N-methyl/N-ethyl adjacent to an activating group) is 1. The summed E-state index contributed by atoms with van der Waals surface area (Å²) in [6.45, 7) is 6.54. The quantitative estimate of drug-likeness (QED) is 0.701. The van der Waals surface area contributed by atoms with Crippen molar-refractivity contribution in [2.24, 2.45) is 5.41 Å². The Bertz CT molecular complexity index is 618. The van der Waals surface area contributed by atoms with Crippen molar-refractivity contribution in [3.63, 3.8) is 0 Å². The molecule has 19 heavy (non-hydrogen) atoms. The van der Waals surface area contributed by atoms with Gasteiger partial charge in [0, 0.05) is 17.4 Å². The number of allylic oxidation sites excluding steroid dienone is 2. The molecule has 0 saturated carbocycles. The first-order valence-corrected chi connectivity index (χ1v) is 6.73. The minimum absolute atomic E-state index is 0.121. The van der Waals surface area contributed by atoms with Gasteiger partial charge in [-0.2, -0.15) is 0 Å². The molecule has 0 N–H and O–H groups in total. The average molecular weight is 258 g/mol. The minimum atomic E-state index is -2.04. The first-order chi connectivity index (χ1) is 10.00. The average Bonchev–Trinajstić information content (AvgIpc) is 2.37. The largest absolute Gasteiger partial charge is 0.370 e. The zero-order valence-corrected chi connectivity index (χ0v) is 12.5. The second-order valence-electron chi connectivity index (χ2n) is 6.38. The van der Waals surface area contributed by atoms with Crippen LogP contribution in [0.3, 0.4) is 0 Å². The van der Waals surface area contributed by atoms with Crippen molar-refractivity contribution in [1.29, 1.82) is 0 Å². The van der Waals surface area contributed by atoms with Gasteiger partial charge < -0.3 is 4.90 Å². The van der Waals surface area contributed by atoms with Gasteiger partial charge in [0.15, 0.2) is 0 Å². The van der Waals surface area contributed by atoms with Gasteiger partial charge in [0.05, 0.1) is 6.04 Å². The monoisotopic (exact) mass is 258 g/mol. The van der Waals surface area contributed by atoms with Crippen LogP contribution in [-0.2, 0) is 0 Å². The Kier molecular flexibility index (Phi) is 2.65. The van der Waals surface area contributed by atoms with E-state index >= 15 is 0 Å². The molecule has 0 radical (unpaired) electrons. The van der Waals surface area contributed by atoms with Crippen LogP contribution >= 0.6 is 0 Å². The molecule has 1 aromatic carbocycles. The van der Waals surface area contributed by atoms with E-state index in [4.69, 9.17) is 4.11 Å². The molecule has 2 rings (SSSR count). The van der Waals surface area contributed by atoms with E-state index in [9.17, 15) is 0 Å². The van der Waals surface area contributed by atoms with Gasteiger partial charge in [-0.1, -0.05) is 56.7 Å². The summed E-state index contributed by atoms with van der Waals surface area (Å²) in [6, 6.07) is 5.60. The third-order valence-corrected chi connectivity index (χ3v) is 3.69. The summed E-state index contributed by atoms with van der Waals surface area (Å²) in [4.78, 5) is 2.19. The Morgan fingerprint density at radius 2 is 2.00 bits per heavy atom. The highest BCUT2D eigenvalue weighted by atomic mass is 15.1. The van der Waals surface area contributed by atoms with Crippen molar-refractivity contribution in [1.82, 2.24) is 4.90 Å². The van der Waals surface area contributed by atoms with Crippen LogP contribution in [0, 0.1) is 19.2 Å². The summed E-state index contributed by atoms with van der Waals surface area (Å²) in [5.74, 6) is 0. The predicted molar refractivity (Wildman–Crippen MR) is 83.1 cm³/mol. The summed E-state index contributed by atoms with van der Waals surface area (Å²) in [6.07, 6.45) is 6.56. The zero-order valence-electron chi connectivity index (χ0n) is 15.5. The van der Waals surface area contributed by atoms with Crippen molar-refractivity contribution >= 4 is 0 Å². The summed E-state index contributed by atoms with van der Waals surface area (Å²) in [5, 5.41) is 0. The summed E-state index contributed by atoms with van der Waals surface area (Å²) in [7, 11) is 2.07. The Hall–Kier alpha value is -1.50. The number of benzene rings is 1. The molecule has 0 amide bonds. The van der Waals surface area contributed by atoms with Gasteiger partial charge in [-0.05, 0) is 35.9 Å². The second kappa shape index (κ2) is 4.88. The summed E-state index contributed by atoms with van der Waals surface area (Å²) in [5.41, 5.74) is 3.99. The van der Waals surface area contributed by atoms with E-state index in [2.05, 4.69) is 51.1 Å². The first-order valence-electron chi connectivity index (χ1n) is 8.23. The Labute approximate surface area is 121 Å². The van der Waals surface area contributed by atoms with Gasteiger partial charge in [0.25, 0.3) is 0 Å². The molecule has 1 atom stereocenters. The van der Waals surface area contributed by atoms with Gasteiger partial charge in [-0.25, -0.2) is 0 Å². The van der Waals surface area contributed by atoms with Gasteiger partial charge in [-0.3, -0.25) is 0 Å². The van der Waals surface area contributed by atoms with Crippen LogP contribution in [0.15, 0.2) is 42.1 Å². The Balaban J connectivity index is 2.32. The Morgan fingerprint density at radius 1 is 1.26 bits per heavy atom. The number of hydrogen-bond donors (Lipinski definition) is 0. The predicted octanol–water partition coefficient (Wildman–Crippen LogP) is 4.78. The highest BCUT2D eigenvalue weighted by Gasteiger charge is 2.22. The molecule has 1 heterocycles. The molecular weight excluding hydrogens is 230 g/mol. The van der Waals surface area contributed by atoms with Crippen LogP contribution in [-0.4, -0.2) is 11.9 Å². The van der Waals surface area contributed by atoms with Gasteiger partial charge in [0.2, 0.25) is 0 Å². The van der Waals surface area contributed by atoms with Crippen molar-refractivity contribution in [3.05, 3.63) is 58.8 Å². The molecule has 0 spiro atoms. The minimum Gasteiger partial charge on any atom is -0.370 e. The van der Waals surface area contributed by atoms with E-state index < -0.39 is 6.85 Å². The topological polar surface area (TPSA) is 3.24 Å². The molecule has 1 nitrogen and oxygen atoms in total. The smallest absolute Gasteiger partial charge is 0.0723 e. The lowest BCUT2D eigenvalue weighted by molar-refractivity contribution is 0.369. The highest BCUT2D eigenvalue weighted by Crippen LogP contribution is 2.34. The molecule has 102 valence electrons. The third kappa shape index (κ3) is 2.91. The van der Waals surface area contributed by atoms with Gasteiger partial charge >= 0.3 is 0 Å². The van der Waals surface area contributed by atoms with Crippen molar-refractivity contribution in [2.45, 2.75) is 40.6 Å². The maximum absolute atomic E-state index is 7.52. The van der Waals surface area contributed by atoms with E-state index in [-0.39, 0.29) is 11.5 Å². The molecule has 0 saturated heterocycles. The molecule has 1 aliphatic heterocycles. The van der Waals surface area contributed by atoms with Crippen molar-refractivity contribution < 1.29 is 4.11 Å². The molecule has 0 bridgehead atoms. The lowest BCUT2D eigenvalue weighted by atomic mass is 9.84. The molecule has 1 unspecified atom stereocenters.